The summed E-state index contributed by atoms with van der Waals surface area (Å²) in [6.45, 7) is 14.6. The van der Waals surface area contributed by atoms with E-state index in [9.17, 15) is 4.79 Å². The van der Waals surface area contributed by atoms with Crippen LogP contribution in [0.25, 0.3) is 0 Å². The van der Waals surface area contributed by atoms with E-state index in [1.807, 2.05) is 51.1 Å². The average molecular weight is 290 g/mol. The molecule has 0 bridgehead atoms. The first-order valence-electron chi connectivity index (χ1n) is 7.78. The lowest BCUT2D eigenvalue weighted by Crippen LogP contribution is -2.51. The third kappa shape index (κ3) is 5.16. The summed E-state index contributed by atoms with van der Waals surface area (Å²) in [7, 11) is 0. The largest absolute Gasteiger partial charge is 0.350 e. The molecule has 1 unspecified atom stereocenters. The summed E-state index contributed by atoms with van der Waals surface area (Å²) in [5, 5.41) is 3.13. The van der Waals surface area contributed by atoms with Crippen LogP contribution in [0, 0.1) is 0 Å². The fourth-order valence-corrected chi connectivity index (χ4v) is 2.72. The Morgan fingerprint density at radius 1 is 1.00 bits per heavy atom. The third-order valence-electron chi connectivity index (χ3n) is 3.35. The van der Waals surface area contributed by atoms with E-state index in [-0.39, 0.29) is 17.5 Å². The Morgan fingerprint density at radius 3 is 1.86 bits per heavy atom. The number of carbonyl (C=O) groups is 1. The number of carbonyl (C=O) groups excluding carboxylic acids is 1. The summed E-state index contributed by atoms with van der Waals surface area (Å²) >= 11 is 0. The summed E-state index contributed by atoms with van der Waals surface area (Å²) in [6, 6.07) is 10.4. The van der Waals surface area contributed by atoms with Crippen LogP contribution < -0.4 is 5.32 Å². The zero-order valence-electron chi connectivity index (χ0n) is 14.5. The lowest BCUT2D eigenvalue weighted by molar-refractivity contribution is -0.130. The molecule has 0 aliphatic heterocycles. The predicted octanol–water partition coefficient (Wildman–Crippen LogP) is 3.76. The van der Waals surface area contributed by atoms with Crippen molar-refractivity contribution in [2.45, 2.75) is 72.1 Å². The van der Waals surface area contributed by atoms with Gasteiger partial charge in [-0.2, -0.15) is 0 Å². The Bertz CT molecular complexity index is 438. The van der Waals surface area contributed by atoms with Crippen LogP contribution in [0.15, 0.2) is 30.3 Å². The molecule has 0 saturated carbocycles. The molecule has 0 spiro atoms. The summed E-state index contributed by atoms with van der Waals surface area (Å²) in [5.41, 5.74) is 0.811. The van der Waals surface area contributed by atoms with E-state index in [0.717, 1.165) is 5.56 Å². The molecule has 1 atom stereocenters. The Hall–Kier alpha value is -1.35. The first-order valence-corrected chi connectivity index (χ1v) is 7.78. The van der Waals surface area contributed by atoms with Crippen molar-refractivity contribution < 1.29 is 4.79 Å². The van der Waals surface area contributed by atoms with E-state index in [1.165, 1.54) is 0 Å². The predicted molar refractivity (Wildman–Crippen MR) is 89.2 cm³/mol. The molecule has 3 heteroatoms. The van der Waals surface area contributed by atoms with Crippen molar-refractivity contribution in [1.29, 1.82) is 0 Å². The van der Waals surface area contributed by atoms with Crippen LogP contribution in [0.1, 0.15) is 60.1 Å². The van der Waals surface area contributed by atoms with Crippen LogP contribution in [0.2, 0.25) is 0 Å². The monoisotopic (exact) mass is 290 g/mol. The molecule has 0 aliphatic rings. The Labute approximate surface area is 129 Å². The van der Waals surface area contributed by atoms with Crippen molar-refractivity contribution in [3.63, 3.8) is 0 Å². The number of nitrogens with one attached hydrogen (secondary N) is 1. The summed E-state index contributed by atoms with van der Waals surface area (Å²) < 4.78 is 0. The van der Waals surface area contributed by atoms with Gasteiger partial charge in [0, 0.05) is 17.6 Å². The van der Waals surface area contributed by atoms with E-state index < -0.39 is 0 Å². The molecule has 0 fully saturated rings. The first kappa shape index (κ1) is 17.7. The molecule has 1 aromatic rings. The second-order valence-electron chi connectivity index (χ2n) is 7.19. The van der Waals surface area contributed by atoms with Crippen molar-refractivity contribution in [2.24, 2.45) is 0 Å². The van der Waals surface area contributed by atoms with Gasteiger partial charge in [0.1, 0.15) is 6.04 Å². The fourth-order valence-electron chi connectivity index (χ4n) is 2.72. The molecule has 21 heavy (non-hydrogen) atoms. The highest BCUT2D eigenvalue weighted by Crippen LogP contribution is 2.26. The zero-order valence-corrected chi connectivity index (χ0v) is 14.5. The average Bonchev–Trinajstić information content (AvgIpc) is 2.33. The molecule has 0 aliphatic carbocycles. The standard InChI is InChI=1S/C18H30N2O/c1-13(2)20(14(3)4)16(15-11-9-8-10-12-15)17(21)19-18(5,6)7/h8-14,16H,1-7H3,(H,19,21). The van der Waals surface area contributed by atoms with Crippen LogP contribution in [0.3, 0.4) is 0 Å². The molecule has 118 valence electrons. The van der Waals surface area contributed by atoms with Gasteiger partial charge in [0.05, 0.1) is 0 Å². The van der Waals surface area contributed by atoms with Gasteiger partial charge < -0.3 is 5.32 Å². The molecule has 1 rings (SSSR count). The SMILES string of the molecule is CC(C)N(C(C)C)C(C(=O)NC(C)(C)C)c1ccccc1. The highest BCUT2D eigenvalue weighted by atomic mass is 16.2. The molecule has 0 saturated heterocycles. The molecular weight excluding hydrogens is 260 g/mol. The minimum Gasteiger partial charge on any atom is -0.350 e. The molecule has 1 aromatic carbocycles. The summed E-state index contributed by atoms with van der Waals surface area (Å²) in [6.07, 6.45) is 0. The quantitative estimate of drug-likeness (QED) is 0.895. The Balaban J connectivity index is 3.20. The maximum atomic E-state index is 12.9. The van der Waals surface area contributed by atoms with Crippen molar-refractivity contribution in [2.75, 3.05) is 0 Å². The second kappa shape index (κ2) is 7.08. The molecule has 0 radical (unpaired) electrons. The van der Waals surface area contributed by atoms with Gasteiger partial charge >= 0.3 is 0 Å². The molecule has 3 nitrogen and oxygen atoms in total. The van der Waals surface area contributed by atoms with Gasteiger partial charge in [0.15, 0.2) is 0 Å². The van der Waals surface area contributed by atoms with E-state index in [0.29, 0.717) is 12.1 Å². The second-order valence-corrected chi connectivity index (χ2v) is 7.19. The molecule has 1 amide bonds. The number of rotatable bonds is 5. The van der Waals surface area contributed by atoms with E-state index >= 15 is 0 Å². The molecular formula is C18H30N2O. The highest BCUT2D eigenvalue weighted by Gasteiger charge is 2.32. The van der Waals surface area contributed by atoms with Crippen molar-refractivity contribution in [3.8, 4) is 0 Å². The summed E-state index contributed by atoms with van der Waals surface area (Å²) in [4.78, 5) is 15.1. The van der Waals surface area contributed by atoms with Gasteiger partial charge in [-0.3, -0.25) is 9.69 Å². The molecule has 1 N–H and O–H groups in total. The Morgan fingerprint density at radius 2 is 1.48 bits per heavy atom. The van der Waals surface area contributed by atoms with Gasteiger partial charge in [-0.1, -0.05) is 30.3 Å². The minimum absolute atomic E-state index is 0.0658. The Kier molecular flexibility index (Phi) is 5.97. The molecule has 0 aromatic heterocycles. The normalized spacial score (nSPS) is 13.8. The number of amides is 1. The lowest BCUT2D eigenvalue weighted by Gasteiger charge is -2.38. The van der Waals surface area contributed by atoms with E-state index in [4.69, 9.17) is 0 Å². The number of benzene rings is 1. The smallest absolute Gasteiger partial charge is 0.242 e. The van der Waals surface area contributed by atoms with Crippen LogP contribution in [-0.2, 0) is 4.79 Å². The van der Waals surface area contributed by atoms with Gasteiger partial charge in [-0.15, -0.1) is 0 Å². The summed E-state index contributed by atoms with van der Waals surface area (Å²) in [5.74, 6) is 0.0658. The van der Waals surface area contributed by atoms with Gasteiger partial charge in [-0.25, -0.2) is 0 Å². The van der Waals surface area contributed by atoms with Crippen LogP contribution in [0.5, 0.6) is 0 Å². The number of nitrogens with zero attached hydrogens (tertiary/aromatic N) is 1. The third-order valence-corrected chi connectivity index (χ3v) is 3.35. The minimum atomic E-state index is -0.259. The van der Waals surface area contributed by atoms with Gasteiger partial charge in [-0.05, 0) is 54.0 Å². The van der Waals surface area contributed by atoms with Gasteiger partial charge in [0.25, 0.3) is 0 Å². The van der Waals surface area contributed by atoms with Crippen LogP contribution in [-0.4, -0.2) is 28.4 Å². The van der Waals surface area contributed by atoms with E-state index in [1.54, 1.807) is 0 Å². The maximum absolute atomic E-state index is 12.9. The van der Waals surface area contributed by atoms with Crippen molar-refractivity contribution >= 4 is 5.91 Å². The lowest BCUT2D eigenvalue weighted by atomic mass is 9.99. The van der Waals surface area contributed by atoms with Gasteiger partial charge in [0.2, 0.25) is 5.91 Å². The highest BCUT2D eigenvalue weighted by molar-refractivity contribution is 5.83. The van der Waals surface area contributed by atoms with Crippen LogP contribution >= 0.6 is 0 Å². The first-order chi connectivity index (χ1) is 9.63. The number of hydrogen-bond donors (Lipinski definition) is 1. The van der Waals surface area contributed by atoms with Crippen LogP contribution in [0.4, 0.5) is 0 Å². The topological polar surface area (TPSA) is 32.3 Å². The fraction of sp³-hybridized carbons (Fsp3) is 0.611. The van der Waals surface area contributed by atoms with Crippen molar-refractivity contribution in [3.05, 3.63) is 35.9 Å². The zero-order chi connectivity index (χ0) is 16.2. The maximum Gasteiger partial charge on any atom is 0.242 e. The van der Waals surface area contributed by atoms with Crippen molar-refractivity contribution in [1.82, 2.24) is 10.2 Å². The molecule has 0 heterocycles. The van der Waals surface area contributed by atoms with E-state index in [2.05, 4.69) is 37.9 Å². The number of hydrogen-bond acceptors (Lipinski definition) is 2.